The van der Waals surface area contributed by atoms with Gasteiger partial charge in [-0.25, -0.2) is 0 Å². The summed E-state index contributed by atoms with van der Waals surface area (Å²) in [7, 11) is 0. The highest BCUT2D eigenvalue weighted by Gasteiger charge is 2.23. The lowest BCUT2D eigenvalue weighted by atomic mass is 9.84. The van der Waals surface area contributed by atoms with E-state index in [1.54, 1.807) is 0 Å². The van der Waals surface area contributed by atoms with Gasteiger partial charge in [-0.2, -0.15) is 0 Å². The molecule has 2 nitrogen and oxygen atoms in total. The fraction of sp³-hybridized carbons (Fsp3) is 0.647. The second kappa shape index (κ2) is 7.54. The van der Waals surface area contributed by atoms with E-state index in [0.717, 1.165) is 6.54 Å². The lowest BCUT2D eigenvalue weighted by molar-refractivity contribution is 0.332. The molecule has 0 saturated heterocycles. The van der Waals surface area contributed by atoms with Crippen molar-refractivity contribution in [1.82, 2.24) is 0 Å². The van der Waals surface area contributed by atoms with Crippen LogP contribution in [0.25, 0.3) is 0 Å². The van der Waals surface area contributed by atoms with Crippen LogP contribution in [0.3, 0.4) is 0 Å². The number of unbranched alkanes of at least 4 members (excludes halogenated alkanes) is 1. The number of hydrogen-bond donors (Lipinski definition) is 2. The van der Waals surface area contributed by atoms with Crippen LogP contribution in [0.2, 0.25) is 0 Å². The Balaban J connectivity index is 1.90. The fourth-order valence-electron chi connectivity index (χ4n) is 3.04. The number of benzene rings is 1. The van der Waals surface area contributed by atoms with Crippen LogP contribution in [-0.4, -0.2) is 12.6 Å². The Hall–Kier alpha value is -1.02. The van der Waals surface area contributed by atoms with Crippen molar-refractivity contribution in [2.24, 2.45) is 11.7 Å². The van der Waals surface area contributed by atoms with Gasteiger partial charge in [-0.05, 0) is 55.8 Å². The van der Waals surface area contributed by atoms with Crippen LogP contribution in [0.1, 0.15) is 51.0 Å². The Morgan fingerprint density at radius 1 is 1.16 bits per heavy atom. The molecule has 1 aromatic carbocycles. The van der Waals surface area contributed by atoms with Gasteiger partial charge in [-0.3, -0.25) is 0 Å². The standard InChI is InChI=1S/C17H28N2/c1-2-3-6-14-9-11-16(12-10-14)19-17-8-5-4-7-15(17)13-18/h9-12,15,17,19H,2-8,13,18H2,1H3. The third kappa shape index (κ3) is 4.24. The third-order valence-corrected chi connectivity index (χ3v) is 4.34. The quantitative estimate of drug-likeness (QED) is 0.812. The molecule has 2 heteroatoms. The van der Waals surface area contributed by atoms with E-state index in [2.05, 4.69) is 36.5 Å². The van der Waals surface area contributed by atoms with Gasteiger partial charge in [0.25, 0.3) is 0 Å². The third-order valence-electron chi connectivity index (χ3n) is 4.34. The Bertz CT molecular complexity index is 358. The Morgan fingerprint density at radius 3 is 2.58 bits per heavy atom. The minimum atomic E-state index is 0.570. The van der Waals surface area contributed by atoms with E-state index in [1.165, 1.54) is 56.2 Å². The molecule has 19 heavy (non-hydrogen) atoms. The van der Waals surface area contributed by atoms with Crippen molar-refractivity contribution in [3.05, 3.63) is 29.8 Å². The van der Waals surface area contributed by atoms with Gasteiger partial charge in [0.2, 0.25) is 0 Å². The first-order valence-electron chi connectivity index (χ1n) is 7.89. The molecule has 2 unspecified atom stereocenters. The molecule has 0 radical (unpaired) electrons. The summed E-state index contributed by atoms with van der Waals surface area (Å²) < 4.78 is 0. The molecule has 1 aliphatic rings. The van der Waals surface area contributed by atoms with Crippen LogP contribution >= 0.6 is 0 Å². The minimum absolute atomic E-state index is 0.570. The molecule has 0 aromatic heterocycles. The smallest absolute Gasteiger partial charge is 0.0342 e. The first-order chi connectivity index (χ1) is 9.33. The molecule has 2 rings (SSSR count). The van der Waals surface area contributed by atoms with Crippen molar-refractivity contribution in [1.29, 1.82) is 0 Å². The summed E-state index contributed by atoms with van der Waals surface area (Å²) in [6, 6.07) is 9.55. The Morgan fingerprint density at radius 2 is 1.89 bits per heavy atom. The van der Waals surface area contributed by atoms with Crippen LogP contribution in [0.15, 0.2) is 24.3 Å². The summed E-state index contributed by atoms with van der Waals surface area (Å²) in [6.45, 7) is 3.05. The van der Waals surface area contributed by atoms with Gasteiger partial charge in [0.15, 0.2) is 0 Å². The minimum Gasteiger partial charge on any atom is -0.382 e. The fourth-order valence-corrected chi connectivity index (χ4v) is 3.04. The van der Waals surface area contributed by atoms with Crippen molar-refractivity contribution in [3.8, 4) is 0 Å². The van der Waals surface area contributed by atoms with E-state index >= 15 is 0 Å². The van der Waals surface area contributed by atoms with Crippen LogP contribution in [-0.2, 0) is 6.42 Å². The van der Waals surface area contributed by atoms with Crippen molar-refractivity contribution < 1.29 is 0 Å². The van der Waals surface area contributed by atoms with E-state index < -0.39 is 0 Å². The van der Waals surface area contributed by atoms with E-state index in [4.69, 9.17) is 5.73 Å². The summed E-state index contributed by atoms with van der Waals surface area (Å²) in [5.41, 5.74) is 8.59. The molecule has 0 aliphatic heterocycles. The lowest BCUT2D eigenvalue weighted by Crippen LogP contribution is -2.36. The second-order valence-electron chi connectivity index (χ2n) is 5.83. The zero-order valence-electron chi connectivity index (χ0n) is 12.2. The van der Waals surface area contributed by atoms with Crippen molar-refractivity contribution >= 4 is 5.69 Å². The van der Waals surface area contributed by atoms with Gasteiger partial charge in [0.1, 0.15) is 0 Å². The molecule has 2 atom stereocenters. The monoisotopic (exact) mass is 260 g/mol. The van der Waals surface area contributed by atoms with Gasteiger partial charge < -0.3 is 11.1 Å². The van der Waals surface area contributed by atoms with Gasteiger partial charge in [0, 0.05) is 11.7 Å². The first kappa shape index (κ1) is 14.4. The highest BCUT2D eigenvalue weighted by Crippen LogP contribution is 2.26. The summed E-state index contributed by atoms with van der Waals surface area (Å²) in [4.78, 5) is 0. The van der Waals surface area contributed by atoms with E-state index in [0.29, 0.717) is 12.0 Å². The van der Waals surface area contributed by atoms with Crippen LogP contribution in [0, 0.1) is 5.92 Å². The number of aryl methyl sites for hydroxylation is 1. The summed E-state index contributed by atoms with van der Waals surface area (Å²) >= 11 is 0. The lowest BCUT2D eigenvalue weighted by Gasteiger charge is -2.32. The zero-order valence-corrected chi connectivity index (χ0v) is 12.2. The molecule has 0 heterocycles. The molecule has 1 aliphatic carbocycles. The van der Waals surface area contributed by atoms with Crippen LogP contribution in [0.5, 0.6) is 0 Å². The molecule has 106 valence electrons. The molecule has 1 fully saturated rings. The highest BCUT2D eigenvalue weighted by atomic mass is 14.9. The van der Waals surface area contributed by atoms with Crippen molar-refractivity contribution in [2.45, 2.75) is 57.9 Å². The predicted octanol–water partition coefficient (Wildman–Crippen LogP) is 3.96. The molecular weight excluding hydrogens is 232 g/mol. The SMILES string of the molecule is CCCCc1ccc(NC2CCCCC2CN)cc1. The number of rotatable bonds is 6. The molecular formula is C17H28N2. The van der Waals surface area contributed by atoms with Gasteiger partial charge >= 0.3 is 0 Å². The maximum Gasteiger partial charge on any atom is 0.0342 e. The Labute approximate surface area is 117 Å². The van der Waals surface area contributed by atoms with Crippen LogP contribution < -0.4 is 11.1 Å². The largest absolute Gasteiger partial charge is 0.382 e. The van der Waals surface area contributed by atoms with E-state index in [9.17, 15) is 0 Å². The van der Waals surface area contributed by atoms with Crippen molar-refractivity contribution in [3.63, 3.8) is 0 Å². The first-order valence-corrected chi connectivity index (χ1v) is 7.89. The predicted molar refractivity (Wildman–Crippen MR) is 83.5 cm³/mol. The van der Waals surface area contributed by atoms with E-state index in [-0.39, 0.29) is 0 Å². The summed E-state index contributed by atoms with van der Waals surface area (Å²) in [6.07, 6.45) is 8.97. The summed E-state index contributed by atoms with van der Waals surface area (Å²) in [5, 5.41) is 3.69. The number of nitrogens with two attached hydrogens (primary N) is 1. The van der Waals surface area contributed by atoms with Gasteiger partial charge in [-0.15, -0.1) is 0 Å². The molecule has 0 spiro atoms. The van der Waals surface area contributed by atoms with Gasteiger partial charge in [-0.1, -0.05) is 38.3 Å². The summed E-state index contributed by atoms with van der Waals surface area (Å²) in [5.74, 6) is 0.647. The normalized spacial score (nSPS) is 23.3. The number of anilines is 1. The van der Waals surface area contributed by atoms with Gasteiger partial charge in [0.05, 0.1) is 0 Å². The molecule has 1 saturated carbocycles. The zero-order chi connectivity index (χ0) is 13.5. The van der Waals surface area contributed by atoms with E-state index in [1.807, 2.05) is 0 Å². The molecule has 0 bridgehead atoms. The number of nitrogens with one attached hydrogen (secondary N) is 1. The van der Waals surface area contributed by atoms with Crippen LogP contribution in [0.4, 0.5) is 5.69 Å². The highest BCUT2D eigenvalue weighted by molar-refractivity contribution is 5.45. The maximum atomic E-state index is 5.89. The Kier molecular flexibility index (Phi) is 5.71. The average molecular weight is 260 g/mol. The number of hydrogen-bond acceptors (Lipinski definition) is 2. The topological polar surface area (TPSA) is 38.0 Å². The molecule has 0 amide bonds. The molecule has 1 aromatic rings. The average Bonchev–Trinajstić information content (AvgIpc) is 2.47. The molecule has 3 N–H and O–H groups in total. The second-order valence-corrected chi connectivity index (χ2v) is 5.83. The maximum absolute atomic E-state index is 5.89. The van der Waals surface area contributed by atoms with Crippen molar-refractivity contribution in [2.75, 3.05) is 11.9 Å².